The van der Waals surface area contributed by atoms with Gasteiger partial charge in [0, 0.05) is 12.2 Å². The van der Waals surface area contributed by atoms with Gasteiger partial charge >= 0.3 is 0 Å². The van der Waals surface area contributed by atoms with E-state index in [1.54, 1.807) is 18.1 Å². The van der Waals surface area contributed by atoms with E-state index >= 15 is 0 Å². The van der Waals surface area contributed by atoms with Gasteiger partial charge < -0.3 is 4.98 Å². The summed E-state index contributed by atoms with van der Waals surface area (Å²) in [7, 11) is 0. The minimum atomic E-state index is 0.696. The highest BCUT2D eigenvalue weighted by atomic mass is 32.2. The van der Waals surface area contributed by atoms with E-state index in [9.17, 15) is 0 Å². The lowest BCUT2D eigenvalue weighted by Gasteiger charge is -1.99. The molecule has 0 aliphatic heterocycles. The maximum absolute atomic E-state index is 4.26. The average Bonchev–Trinajstić information content (AvgIpc) is 2.98. The number of H-pyrrole nitrogens is 2. The van der Waals surface area contributed by atoms with E-state index in [0.717, 1.165) is 34.4 Å². The molecule has 0 spiro atoms. The van der Waals surface area contributed by atoms with Crippen LogP contribution in [0.1, 0.15) is 11.6 Å². The number of nitrogens with zero attached hydrogens (tertiary/aromatic N) is 5. The second-order valence-electron chi connectivity index (χ2n) is 3.72. The molecule has 2 N–H and O–H groups in total. The molecule has 0 aliphatic rings. The van der Waals surface area contributed by atoms with Gasteiger partial charge in [0.05, 0.1) is 6.33 Å². The number of nitrogens with one attached hydrogen (secondary N) is 2. The molecule has 0 saturated carbocycles. The van der Waals surface area contributed by atoms with Crippen molar-refractivity contribution in [1.82, 2.24) is 35.1 Å². The van der Waals surface area contributed by atoms with Crippen LogP contribution >= 0.6 is 11.8 Å². The predicted octanol–water partition coefficient (Wildman–Crippen LogP) is 1.11. The van der Waals surface area contributed by atoms with Crippen LogP contribution in [0.2, 0.25) is 0 Å². The van der Waals surface area contributed by atoms with Crippen molar-refractivity contribution in [2.24, 2.45) is 0 Å². The molecule has 92 valence electrons. The summed E-state index contributed by atoms with van der Waals surface area (Å²) < 4.78 is 0. The van der Waals surface area contributed by atoms with Crippen LogP contribution in [0, 0.1) is 6.92 Å². The maximum atomic E-state index is 4.26. The fraction of sp³-hybridized carbons (Fsp3) is 0.300. The minimum absolute atomic E-state index is 0.696. The molecule has 0 unspecified atom stereocenters. The van der Waals surface area contributed by atoms with Gasteiger partial charge in [-0.1, -0.05) is 0 Å². The highest BCUT2D eigenvalue weighted by molar-refractivity contribution is 7.99. The number of aromatic nitrogens is 7. The van der Waals surface area contributed by atoms with E-state index in [1.165, 1.54) is 6.33 Å². The topological polar surface area (TPSA) is 96.0 Å². The highest BCUT2D eigenvalue weighted by Gasteiger charge is 2.07. The molecule has 0 aromatic carbocycles. The molecule has 3 heterocycles. The van der Waals surface area contributed by atoms with E-state index in [1.807, 2.05) is 6.92 Å². The standard InChI is InChI=1S/C10H11N7S/c1-6-15-7(17-16-6)2-3-18-10-8-9(12-4-11-8)13-5-14-10/h4-5H,2-3H2,1H3,(H,15,16,17)(H,11,12,13,14). The number of imidazole rings is 1. The smallest absolute Gasteiger partial charge is 0.181 e. The number of fused-ring (bicyclic) bond motifs is 1. The molecule has 0 radical (unpaired) electrons. The number of aryl methyl sites for hydroxylation is 2. The van der Waals surface area contributed by atoms with E-state index in [2.05, 4.69) is 35.1 Å². The lowest BCUT2D eigenvalue weighted by molar-refractivity contribution is 0.950. The summed E-state index contributed by atoms with van der Waals surface area (Å²) in [5, 5.41) is 7.83. The van der Waals surface area contributed by atoms with Gasteiger partial charge in [-0.2, -0.15) is 5.10 Å². The number of aromatic amines is 2. The number of hydrogen-bond acceptors (Lipinski definition) is 6. The van der Waals surface area contributed by atoms with Gasteiger partial charge in [-0.05, 0) is 6.92 Å². The summed E-state index contributed by atoms with van der Waals surface area (Å²) in [5.74, 6) is 2.53. The zero-order chi connectivity index (χ0) is 12.4. The molecule has 8 heteroatoms. The van der Waals surface area contributed by atoms with Crippen molar-refractivity contribution >= 4 is 22.9 Å². The second-order valence-corrected chi connectivity index (χ2v) is 4.80. The van der Waals surface area contributed by atoms with Crippen molar-refractivity contribution in [3.8, 4) is 0 Å². The van der Waals surface area contributed by atoms with Gasteiger partial charge in [0.15, 0.2) is 11.5 Å². The van der Waals surface area contributed by atoms with Gasteiger partial charge in [0.25, 0.3) is 0 Å². The van der Waals surface area contributed by atoms with Crippen molar-refractivity contribution in [2.75, 3.05) is 5.75 Å². The van der Waals surface area contributed by atoms with Crippen LogP contribution in [0.5, 0.6) is 0 Å². The first-order valence-electron chi connectivity index (χ1n) is 5.47. The van der Waals surface area contributed by atoms with E-state index < -0.39 is 0 Å². The van der Waals surface area contributed by atoms with Crippen molar-refractivity contribution < 1.29 is 0 Å². The monoisotopic (exact) mass is 261 g/mol. The Morgan fingerprint density at radius 1 is 1.28 bits per heavy atom. The van der Waals surface area contributed by atoms with Crippen LogP contribution in [0.15, 0.2) is 17.7 Å². The summed E-state index contributed by atoms with van der Waals surface area (Å²) >= 11 is 1.64. The Labute approximate surface area is 107 Å². The number of rotatable bonds is 4. The normalized spacial score (nSPS) is 11.2. The van der Waals surface area contributed by atoms with Gasteiger partial charge in [0.2, 0.25) is 0 Å². The Balaban J connectivity index is 1.68. The minimum Gasteiger partial charge on any atom is -0.341 e. The first-order chi connectivity index (χ1) is 8.83. The summed E-state index contributed by atoms with van der Waals surface area (Å²) in [4.78, 5) is 19.7. The highest BCUT2D eigenvalue weighted by Crippen LogP contribution is 2.22. The third-order valence-corrected chi connectivity index (χ3v) is 3.39. The maximum Gasteiger partial charge on any atom is 0.181 e. The molecular weight excluding hydrogens is 250 g/mol. The third-order valence-electron chi connectivity index (χ3n) is 2.40. The number of thioether (sulfide) groups is 1. The third kappa shape index (κ3) is 2.19. The van der Waals surface area contributed by atoms with Crippen LogP contribution in [-0.2, 0) is 6.42 Å². The average molecular weight is 261 g/mol. The van der Waals surface area contributed by atoms with Crippen molar-refractivity contribution in [1.29, 1.82) is 0 Å². The molecule has 3 aromatic heterocycles. The first-order valence-corrected chi connectivity index (χ1v) is 6.46. The summed E-state index contributed by atoms with van der Waals surface area (Å²) in [6.07, 6.45) is 3.96. The molecule has 0 saturated heterocycles. The van der Waals surface area contributed by atoms with Crippen LogP contribution in [0.4, 0.5) is 0 Å². The van der Waals surface area contributed by atoms with Gasteiger partial charge in [-0.25, -0.2) is 19.9 Å². The summed E-state index contributed by atoms with van der Waals surface area (Å²) in [6, 6.07) is 0. The molecular formula is C10H11N7S. The quantitative estimate of drug-likeness (QED) is 0.539. The largest absolute Gasteiger partial charge is 0.341 e. The van der Waals surface area contributed by atoms with Crippen molar-refractivity contribution in [3.05, 3.63) is 24.3 Å². The molecule has 0 amide bonds. The molecule has 0 atom stereocenters. The molecule has 0 bridgehead atoms. The Morgan fingerprint density at radius 3 is 3.06 bits per heavy atom. The van der Waals surface area contributed by atoms with E-state index in [0.29, 0.717) is 5.65 Å². The van der Waals surface area contributed by atoms with E-state index in [-0.39, 0.29) is 0 Å². The summed E-state index contributed by atoms with van der Waals surface area (Å²) in [5.41, 5.74) is 1.58. The Morgan fingerprint density at radius 2 is 2.22 bits per heavy atom. The second kappa shape index (κ2) is 4.73. The summed E-state index contributed by atoms with van der Waals surface area (Å²) in [6.45, 7) is 1.89. The van der Waals surface area contributed by atoms with Crippen LogP contribution < -0.4 is 0 Å². The fourth-order valence-corrected chi connectivity index (χ4v) is 2.49. The van der Waals surface area contributed by atoms with Crippen LogP contribution in [0.25, 0.3) is 11.2 Å². The molecule has 0 aliphatic carbocycles. The van der Waals surface area contributed by atoms with Crippen LogP contribution in [0.3, 0.4) is 0 Å². The van der Waals surface area contributed by atoms with Crippen molar-refractivity contribution in [3.63, 3.8) is 0 Å². The van der Waals surface area contributed by atoms with Crippen molar-refractivity contribution in [2.45, 2.75) is 18.4 Å². The molecule has 3 rings (SSSR count). The van der Waals surface area contributed by atoms with Gasteiger partial charge in [-0.3, -0.25) is 5.10 Å². The lowest BCUT2D eigenvalue weighted by atomic mass is 10.5. The van der Waals surface area contributed by atoms with Crippen LogP contribution in [-0.4, -0.2) is 40.9 Å². The molecule has 7 nitrogen and oxygen atoms in total. The Kier molecular flexibility index (Phi) is 2.93. The molecule has 3 aromatic rings. The molecule has 0 fully saturated rings. The lowest BCUT2D eigenvalue weighted by Crippen LogP contribution is -1.93. The fourth-order valence-electron chi connectivity index (χ4n) is 1.59. The SMILES string of the molecule is Cc1nc(CCSc2ncnc3nc[nH]c23)n[nH]1. The molecule has 18 heavy (non-hydrogen) atoms. The van der Waals surface area contributed by atoms with E-state index in [4.69, 9.17) is 0 Å². The predicted molar refractivity (Wildman–Crippen MR) is 67.2 cm³/mol. The Bertz CT molecular complexity index is 659. The Hall–Kier alpha value is -1.96. The zero-order valence-electron chi connectivity index (χ0n) is 9.71. The van der Waals surface area contributed by atoms with Gasteiger partial charge in [-0.15, -0.1) is 11.8 Å². The zero-order valence-corrected chi connectivity index (χ0v) is 10.5. The number of hydrogen-bond donors (Lipinski definition) is 2. The first kappa shape index (κ1) is 11.1. The van der Waals surface area contributed by atoms with Gasteiger partial charge in [0.1, 0.15) is 22.7 Å².